The zero-order chi connectivity index (χ0) is 12.0. The molecule has 0 saturated carbocycles. The van der Waals surface area contributed by atoms with Crippen molar-refractivity contribution < 1.29 is 19.4 Å². The van der Waals surface area contributed by atoms with Crippen molar-refractivity contribution in [2.75, 3.05) is 6.61 Å². The summed E-state index contributed by atoms with van der Waals surface area (Å²) in [6.45, 7) is 0.0127. The number of nitrogens with one attached hydrogen (secondary N) is 1. The van der Waals surface area contributed by atoms with Crippen LogP contribution in [0.15, 0.2) is 23.5 Å². The first kappa shape index (κ1) is 11.8. The first-order valence-corrected chi connectivity index (χ1v) is 4.56. The largest absolute Gasteiger partial charge is 0.478 e. The van der Waals surface area contributed by atoms with E-state index >= 15 is 0 Å². The number of nitrogens with zero attached hydrogens (tertiary/aromatic N) is 1. The average Bonchev–Trinajstić information content (AvgIpc) is 2.29. The van der Waals surface area contributed by atoms with Crippen LogP contribution in [0.2, 0.25) is 0 Å². The molecule has 0 spiro atoms. The summed E-state index contributed by atoms with van der Waals surface area (Å²) in [7, 11) is 0. The lowest BCUT2D eigenvalue weighted by atomic mass is 10.1. The molecular formula is C10H10N2O4. The Morgan fingerprint density at radius 1 is 1.50 bits per heavy atom. The summed E-state index contributed by atoms with van der Waals surface area (Å²) in [4.78, 5) is 22.0. The normalized spacial score (nSPS) is 13.9. The van der Waals surface area contributed by atoms with Crippen LogP contribution in [0, 0.1) is 11.3 Å². The van der Waals surface area contributed by atoms with Crippen molar-refractivity contribution in [1.82, 2.24) is 5.32 Å². The average molecular weight is 222 g/mol. The Kier molecular flexibility index (Phi) is 4.09. The second-order valence-electron chi connectivity index (χ2n) is 3.03. The van der Waals surface area contributed by atoms with Gasteiger partial charge in [-0.15, -0.1) is 0 Å². The predicted octanol–water partition coefficient (Wildman–Crippen LogP) is 0.289. The van der Waals surface area contributed by atoms with Gasteiger partial charge >= 0.3 is 11.9 Å². The van der Waals surface area contributed by atoms with Crippen molar-refractivity contribution in [2.24, 2.45) is 0 Å². The Morgan fingerprint density at radius 3 is 2.81 bits per heavy atom. The lowest BCUT2D eigenvalue weighted by Gasteiger charge is -2.12. The van der Waals surface area contributed by atoms with E-state index in [2.05, 4.69) is 5.32 Å². The number of carboxylic acids is 1. The van der Waals surface area contributed by atoms with E-state index in [0.717, 1.165) is 0 Å². The molecule has 1 heterocycles. The molecule has 0 bridgehead atoms. The highest BCUT2D eigenvalue weighted by atomic mass is 16.5. The van der Waals surface area contributed by atoms with E-state index in [9.17, 15) is 9.59 Å². The highest BCUT2D eigenvalue weighted by molar-refractivity contribution is 5.94. The highest BCUT2D eigenvalue weighted by Gasteiger charge is 2.19. The zero-order valence-electron chi connectivity index (χ0n) is 8.40. The van der Waals surface area contributed by atoms with Crippen LogP contribution in [0.5, 0.6) is 0 Å². The van der Waals surface area contributed by atoms with Crippen LogP contribution in [-0.2, 0) is 14.3 Å². The predicted molar refractivity (Wildman–Crippen MR) is 52.7 cm³/mol. The van der Waals surface area contributed by atoms with Gasteiger partial charge in [0.05, 0.1) is 23.6 Å². The Balaban J connectivity index is 2.50. The molecule has 0 aromatic heterocycles. The lowest BCUT2D eigenvalue weighted by Crippen LogP contribution is -2.18. The molecule has 0 aliphatic carbocycles. The number of nitriles is 1. The fraction of sp³-hybridized carbons (Fsp3) is 0.300. The molecule has 0 fully saturated rings. The summed E-state index contributed by atoms with van der Waals surface area (Å²) in [5.41, 5.74) is 0.326. The molecule has 84 valence electrons. The number of aliphatic carboxylic acids is 1. The number of esters is 1. The zero-order valence-corrected chi connectivity index (χ0v) is 8.40. The smallest absolute Gasteiger partial charge is 0.335 e. The second kappa shape index (κ2) is 5.56. The minimum atomic E-state index is -1.08. The van der Waals surface area contributed by atoms with Crippen LogP contribution < -0.4 is 5.32 Å². The van der Waals surface area contributed by atoms with Crippen molar-refractivity contribution >= 4 is 11.9 Å². The molecule has 1 rings (SSSR count). The molecule has 0 radical (unpaired) electrons. The number of dihydropyridines is 1. The number of hydrogen-bond acceptors (Lipinski definition) is 5. The van der Waals surface area contributed by atoms with E-state index < -0.39 is 11.9 Å². The maximum atomic E-state index is 11.4. The second-order valence-corrected chi connectivity index (χ2v) is 3.03. The molecule has 6 heteroatoms. The minimum absolute atomic E-state index is 0.0127. The topological polar surface area (TPSA) is 99.4 Å². The molecule has 2 N–H and O–H groups in total. The third kappa shape index (κ3) is 3.13. The highest BCUT2D eigenvalue weighted by Crippen LogP contribution is 2.15. The molecule has 0 aromatic carbocycles. The lowest BCUT2D eigenvalue weighted by molar-refractivity contribution is -0.139. The number of carbonyl (C=O) groups is 2. The summed E-state index contributed by atoms with van der Waals surface area (Å²) >= 11 is 0. The molecule has 0 atom stereocenters. The number of carboxylic acid groups (broad SMARTS) is 1. The monoisotopic (exact) mass is 222 g/mol. The molecule has 1 aliphatic heterocycles. The van der Waals surface area contributed by atoms with Gasteiger partial charge in [0.2, 0.25) is 0 Å². The van der Waals surface area contributed by atoms with Gasteiger partial charge in [-0.3, -0.25) is 0 Å². The molecule has 1 aliphatic rings. The Hall–Kier alpha value is -2.29. The van der Waals surface area contributed by atoms with Gasteiger partial charge in [0.25, 0.3) is 0 Å². The molecular weight excluding hydrogens is 212 g/mol. The van der Waals surface area contributed by atoms with Gasteiger partial charge in [-0.25, -0.2) is 9.59 Å². The molecule has 16 heavy (non-hydrogen) atoms. The molecule has 0 unspecified atom stereocenters. The van der Waals surface area contributed by atoms with Crippen LogP contribution in [0.1, 0.15) is 12.8 Å². The van der Waals surface area contributed by atoms with Crippen LogP contribution in [-0.4, -0.2) is 23.7 Å². The van der Waals surface area contributed by atoms with Crippen LogP contribution in [0.4, 0.5) is 0 Å². The number of hydrogen-bond donors (Lipinski definition) is 2. The van der Waals surface area contributed by atoms with E-state index in [1.165, 1.54) is 12.4 Å². The SMILES string of the molecule is N#CCCOC(=O)C1=CNC=C(C(=O)O)C1. The number of ether oxygens (including phenoxy) is 1. The van der Waals surface area contributed by atoms with E-state index in [1.807, 2.05) is 6.07 Å². The summed E-state index contributed by atoms with van der Waals surface area (Å²) < 4.78 is 4.76. The van der Waals surface area contributed by atoms with Crippen LogP contribution in [0.25, 0.3) is 0 Å². The van der Waals surface area contributed by atoms with Gasteiger partial charge in [-0.2, -0.15) is 5.26 Å². The fourth-order valence-corrected chi connectivity index (χ4v) is 1.10. The van der Waals surface area contributed by atoms with Crippen LogP contribution >= 0.6 is 0 Å². The van der Waals surface area contributed by atoms with Gasteiger partial charge in [0.15, 0.2) is 0 Å². The third-order valence-electron chi connectivity index (χ3n) is 1.88. The van der Waals surface area contributed by atoms with Crippen LogP contribution in [0.3, 0.4) is 0 Å². The summed E-state index contributed by atoms with van der Waals surface area (Å²) in [6, 6.07) is 1.84. The van der Waals surface area contributed by atoms with E-state index in [4.69, 9.17) is 15.1 Å². The van der Waals surface area contributed by atoms with Gasteiger partial charge in [-0.1, -0.05) is 0 Å². The molecule has 0 aromatic rings. The first-order chi connectivity index (χ1) is 7.65. The van der Waals surface area contributed by atoms with Gasteiger partial charge in [0, 0.05) is 18.8 Å². The number of carbonyl (C=O) groups excluding carboxylic acids is 1. The third-order valence-corrected chi connectivity index (χ3v) is 1.88. The minimum Gasteiger partial charge on any atom is -0.478 e. The van der Waals surface area contributed by atoms with Crippen molar-refractivity contribution in [1.29, 1.82) is 5.26 Å². The standard InChI is InChI=1S/C10H10N2O4/c11-2-1-3-16-10(15)8-4-7(9(13)14)5-12-6-8/h5-6,12H,1,3-4H2,(H,13,14). The van der Waals surface area contributed by atoms with Crippen molar-refractivity contribution in [3.8, 4) is 6.07 Å². The van der Waals surface area contributed by atoms with E-state index in [1.54, 1.807) is 0 Å². The maximum Gasteiger partial charge on any atom is 0.335 e. The van der Waals surface area contributed by atoms with Gasteiger partial charge < -0.3 is 15.2 Å². The number of rotatable bonds is 4. The van der Waals surface area contributed by atoms with Crippen molar-refractivity contribution in [3.05, 3.63) is 23.5 Å². The first-order valence-electron chi connectivity index (χ1n) is 4.56. The summed E-state index contributed by atoms with van der Waals surface area (Å²) in [5, 5.41) is 19.5. The Labute approximate surface area is 91.8 Å². The van der Waals surface area contributed by atoms with Gasteiger partial charge in [-0.05, 0) is 0 Å². The van der Waals surface area contributed by atoms with Gasteiger partial charge in [0.1, 0.15) is 6.61 Å². The van der Waals surface area contributed by atoms with E-state index in [0.29, 0.717) is 0 Å². The fourth-order valence-electron chi connectivity index (χ4n) is 1.10. The summed E-state index contributed by atoms with van der Waals surface area (Å²) in [6.07, 6.45) is 2.84. The van der Waals surface area contributed by atoms with E-state index in [-0.39, 0.29) is 30.6 Å². The quantitative estimate of drug-likeness (QED) is 0.523. The van der Waals surface area contributed by atoms with Crippen molar-refractivity contribution in [3.63, 3.8) is 0 Å². The Bertz CT molecular complexity index is 404. The summed E-state index contributed by atoms with van der Waals surface area (Å²) in [5.74, 6) is -1.68. The molecule has 0 saturated heterocycles. The molecule has 0 amide bonds. The van der Waals surface area contributed by atoms with Crippen molar-refractivity contribution in [2.45, 2.75) is 12.8 Å². The molecule has 6 nitrogen and oxygen atoms in total. The Morgan fingerprint density at radius 2 is 2.19 bits per heavy atom. The maximum absolute atomic E-state index is 11.4.